The Morgan fingerprint density at radius 3 is 2.67 bits per heavy atom. The van der Waals surface area contributed by atoms with E-state index in [1.54, 1.807) is 12.4 Å². The number of aromatic nitrogens is 3. The topological polar surface area (TPSA) is 38.7 Å². The van der Waals surface area contributed by atoms with Crippen LogP contribution in [0.1, 0.15) is 5.69 Å². The maximum atomic E-state index is 6.05. The van der Waals surface area contributed by atoms with E-state index >= 15 is 0 Å². The second kappa shape index (κ2) is 4.35. The zero-order valence-electron chi connectivity index (χ0n) is 9.76. The number of halogens is 1. The first-order chi connectivity index (χ1) is 8.74. The molecule has 0 aliphatic rings. The average Bonchev–Trinajstić information content (AvgIpc) is 2.39. The van der Waals surface area contributed by atoms with Gasteiger partial charge in [0.1, 0.15) is 5.69 Å². The van der Waals surface area contributed by atoms with E-state index in [0.717, 1.165) is 22.2 Å². The molecule has 0 aliphatic carbocycles. The Labute approximate surface area is 109 Å². The molecule has 1 aromatic carbocycles. The van der Waals surface area contributed by atoms with Gasteiger partial charge in [-0.1, -0.05) is 23.7 Å². The van der Waals surface area contributed by atoms with E-state index in [9.17, 15) is 0 Å². The first-order valence-electron chi connectivity index (χ1n) is 5.58. The molecule has 0 saturated heterocycles. The van der Waals surface area contributed by atoms with Crippen molar-refractivity contribution in [3.8, 4) is 11.3 Å². The molecular weight excluding hydrogens is 246 g/mol. The summed E-state index contributed by atoms with van der Waals surface area (Å²) in [7, 11) is 0. The van der Waals surface area contributed by atoms with E-state index in [0.29, 0.717) is 10.8 Å². The van der Waals surface area contributed by atoms with Crippen LogP contribution in [0, 0.1) is 6.92 Å². The summed E-state index contributed by atoms with van der Waals surface area (Å²) in [5.74, 6) is 0. The van der Waals surface area contributed by atoms with Crippen LogP contribution in [0.15, 0.2) is 42.7 Å². The Balaban J connectivity index is 2.20. The Bertz CT molecular complexity index is 725. The third-order valence-corrected chi connectivity index (χ3v) is 3.03. The minimum atomic E-state index is 0.414. The normalized spacial score (nSPS) is 10.8. The summed E-state index contributed by atoms with van der Waals surface area (Å²) < 4.78 is 0. The summed E-state index contributed by atoms with van der Waals surface area (Å²) in [6.07, 6.45) is 3.22. The highest BCUT2D eigenvalue weighted by atomic mass is 35.5. The average molecular weight is 256 g/mol. The fraction of sp³-hybridized carbons (Fsp3) is 0.0714. The largest absolute Gasteiger partial charge is 0.253 e. The standard InChI is InChI=1S/C14H10ClN3/c1-9-2-3-10-8-11(4-5-12(10)18-9)13-14(15)17-7-6-16-13/h2-8H,1H3. The molecule has 0 unspecified atom stereocenters. The molecule has 0 fully saturated rings. The van der Waals surface area contributed by atoms with E-state index in [1.165, 1.54) is 0 Å². The van der Waals surface area contributed by atoms with Crippen LogP contribution in [0.5, 0.6) is 0 Å². The van der Waals surface area contributed by atoms with Crippen molar-refractivity contribution in [3.05, 3.63) is 53.6 Å². The third-order valence-electron chi connectivity index (χ3n) is 2.76. The summed E-state index contributed by atoms with van der Waals surface area (Å²) in [4.78, 5) is 12.8. The molecular formula is C14H10ClN3. The van der Waals surface area contributed by atoms with Gasteiger partial charge >= 0.3 is 0 Å². The predicted molar refractivity (Wildman–Crippen MR) is 72.5 cm³/mol. The van der Waals surface area contributed by atoms with Gasteiger partial charge in [0, 0.05) is 29.0 Å². The minimum Gasteiger partial charge on any atom is -0.253 e. The molecule has 3 aromatic rings. The van der Waals surface area contributed by atoms with E-state index in [1.807, 2.05) is 37.3 Å². The van der Waals surface area contributed by atoms with Crippen LogP contribution in [0.3, 0.4) is 0 Å². The molecule has 0 atom stereocenters. The summed E-state index contributed by atoms with van der Waals surface area (Å²) in [5, 5.41) is 1.48. The lowest BCUT2D eigenvalue weighted by Crippen LogP contribution is -1.88. The summed E-state index contributed by atoms with van der Waals surface area (Å²) >= 11 is 6.05. The first kappa shape index (κ1) is 11.1. The monoisotopic (exact) mass is 255 g/mol. The van der Waals surface area contributed by atoms with Crippen molar-refractivity contribution in [3.63, 3.8) is 0 Å². The van der Waals surface area contributed by atoms with Crippen LogP contribution in [0.4, 0.5) is 0 Å². The molecule has 0 spiro atoms. The van der Waals surface area contributed by atoms with E-state index in [-0.39, 0.29) is 0 Å². The van der Waals surface area contributed by atoms with E-state index in [4.69, 9.17) is 11.6 Å². The molecule has 18 heavy (non-hydrogen) atoms. The lowest BCUT2D eigenvalue weighted by molar-refractivity contribution is 1.20. The van der Waals surface area contributed by atoms with Gasteiger partial charge in [0.25, 0.3) is 0 Å². The number of fused-ring (bicyclic) bond motifs is 1. The van der Waals surface area contributed by atoms with Crippen LogP contribution in [-0.4, -0.2) is 15.0 Å². The van der Waals surface area contributed by atoms with Crippen molar-refractivity contribution in [1.82, 2.24) is 15.0 Å². The zero-order chi connectivity index (χ0) is 12.5. The van der Waals surface area contributed by atoms with Crippen LogP contribution in [0.2, 0.25) is 5.15 Å². The minimum absolute atomic E-state index is 0.414. The predicted octanol–water partition coefficient (Wildman–Crippen LogP) is 3.65. The van der Waals surface area contributed by atoms with Gasteiger partial charge in [-0.2, -0.15) is 0 Å². The molecule has 0 N–H and O–H groups in total. The highest BCUT2D eigenvalue weighted by Gasteiger charge is 2.06. The van der Waals surface area contributed by atoms with Crippen LogP contribution < -0.4 is 0 Å². The molecule has 0 aliphatic heterocycles. The first-order valence-corrected chi connectivity index (χ1v) is 5.96. The Kier molecular flexibility index (Phi) is 2.68. The smallest absolute Gasteiger partial charge is 0.155 e. The fourth-order valence-electron chi connectivity index (χ4n) is 1.89. The van der Waals surface area contributed by atoms with Gasteiger partial charge < -0.3 is 0 Å². The van der Waals surface area contributed by atoms with Crippen LogP contribution in [0.25, 0.3) is 22.2 Å². The maximum absolute atomic E-state index is 6.05. The van der Waals surface area contributed by atoms with Crippen molar-refractivity contribution in [2.45, 2.75) is 6.92 Å². The summed E-state index contributed by atoms with van der Waals surface area (Å²) in [6, 6.07) is 10.0. The Hall–Kier alpha value is -2.00. The zero-order valence-corrected chi connectivity index (χ0v) is 10.5. The molecule has 3 nitrogen and oxygen atoms in total. The molecule has 0 radical (unpaired) electrons. The highest BCUT2D eigenvalue weighted by Crippen LogP contribution is 2.26. The van der Waals surface area contributed by atoms with Gasteiger partial charge in [-0.25, -0.2) is 4.98 Å². The molecule has 0 amide bonds. The number of hydrogen-bond acceptors (Lipinski definition) is 3. The quantitative estimate of drug-likeness (QED) is 0.666. The summed E-state index contributed by atoms with van der Waals surface area (Å²) in [6.45, 7) is 1.98. The number of benzene rings is 1. The van der Waals surface area contributed by atoms with E-state index < -0.39 is 0 Å². The number of hydrogen-bond donors (Lipinski definition) is 0. The molecule has 3 rings (SSSR count). The van der Waals surface area contributed by atoms with E-state index in [2.05, 4.69) is 15.0 Å². The van der Waals surface area contributed by atoms with Gasteiger partial charge in [0.15, 0.2) is 5.15 Å². The number of nitrogens with zero attached hydrogens (tertiary/aromatic N) is 3. The lowest BCUT2D eigenvalue weighted by Gasteiger charge is -2.04. The SMILES string of the molecule is Cc1ccc2cc(-c3nccnc3Cl)ccc2n1. The molecule has 2 aromatic heterocycles. The van der Waals surface area contributed by atoms with Gasteiger partial charge in [0.05, 0.1) is 5.52 Å². The molecule has 88 valence electrons. The molecule has 0 bridgehead atoms. The number of rotatable bonds is 1. The van der Waals surface area contributed by atoms with Gasteiger partial charge in [0.2, 0.25) is 0 Å². The molecule has 4 heteroatoms. The van der Waals surface area contributed by atoms with Gasteiger partial charge in [-0.3, -0.25) is 9.97 Å². The Morgan fingerprint density at radius 2 is 1.83 bits per heavy atom. The van der Waals surface area contributed by atoms with Gasteiger partial charge in [-0.05, 0) is 25.1 Å². The second-order valence-corrected chi connectivity index (χ2v) is 4.41. The molecule has 2 heterocycles. The second-order valence-electron chi connectivity index (χ2n) is 4.06. The van der Waals surface area contributed by atoms with Crippen molar-refractivity contribution in [1.29, 1.82) is 0 Å². The third kappa shape index (κ3) is 1.93. The molecule has 0 saturated carbocycles. The van der Waals surface area contributed by atoms with Gasteiger partial charge in [-0.15, -0.1) is 0 Å². The Morgan fingerprint density at radius 1 is 1.00 bits per heavy atom. The lowest BCUT2D eigenvalue weighted by atomic mass is 10.1. The summed E-state index contributed by atoms with van der Waals surface area (Å²) in [5.41, 5.74) is 3.62. The number of aryl methyl sites for hydroxylation is 1. The van der Waals surface area contributed by atoms with Crippen molar-refractivity contribution < 1.29 is 0 Å². The van der Waals surface area contributed by atoms with Crippen LogP contribution in [-0.2, 0) is 0 Å². The highest BCUT2D eigenvalue weighted by molar-refractivity contribution is 6.31. The number of pyridine rings is 1. The maximum Gasteiger partial charge on any atom is 0.155 e. The van der Waals surface area contributed by atoms with Crippen molar-refractivity contribution in [2.75, 3.05) is 0 Å². The van der Waals surface area contributed by atoms with Crippen molar-refractivity contribution in [2.24, 2.45) is 0 Å². The fourth-order valence-corrected chi connectivity index (χ4v) is 2.10. The van der Waals surface area contributed by atoms with Crippen molar-refractivity contribution >= 4 is 22.5 Å². The van der Waals surface area contributed by atoms with Crippen LogP contribution >= 0.6 is 11.6 Å².